The molecular formula is C19H21N3O3S. The van der Waals surface area contributed by atoms with Gasteiger partial charge in [-0.3, -0.25) is 4.79 Å². The number of rotatable bonds is 6. The van der Waals surface area contributed by atoms with Crippen molar-refractivity contribution in [3.63, 3.8) is 0 Å². The molecule has 0 spiro atoms. The van der Waals surface area contributed by atoms with Crippen molar-refractivity contribution in [2.75, 3.05) is 0 Å². The molecule has 0 bridgehead atoms. The van der Waals surface area contributed by atoms with Gasteiger partial charge in [0.05, 0.1) is 10.9 Å². The standard InChI is InChI=1S/C19H21N3O3S/c1-13(14-5-4-6-16(11-14)26(20,24)25)22-19(23)10-9-15-12-21-18-8-3-2-7-17(15)18/h2-8,11-13,21H,9-10H2,1H3,(H,22,23)(H2,20,24,25). The Morgan fingerprint density at radius 1 is 1.19 bits per heavy atom. The van der Waals surface area contributed by atoms with Gasteiger partial charge in [-0.1, -0.05) is 30.3 Å². The van der Waals surface area contributed by atoms with E-state index in [1.807, 2.05) is 37.4 Å². The van der Waals surface area contributed by atoms with Crippen LogP contribution in [0, 0.1) is 0 Å². The highest BCUT2D eigenvalue weighted by molar-refractivity contribution is 7.89. The van der Waals surface area contributed by atoms with Crippen LogP contribution in [0.25, 0.3) is 10.9 Å². The maximum absolute atomic E-state index is 12.3. The molecule has 0 aliphatic rings. The van der Waals surface area contributed by atoms with E-state index < -0.39 is 10.0 Å². The molecule has 0 radical (unpaired) electrons. The minimum atomic E-state index is -3.76. The fourth-order valence-corrected chi connectivity index (χ4v) is 3.51. The molecule has 2 aromatic carbocycles. The molecule has 0 fully saturated rings. The summed E-state index contributed by atoms with van der Waals surface area (Å²) in [4.78, 5) is 15.5. The topological polar surface area (TPSA) is 105 Å². The number of carbonyl (C=O) groups is 1. The number of carbonyl (C=O) groups excluding carboxylic acids is 1. The molecule has 136 valence electrons. The van der Waals surface area contributed by atoms with Gasteiger partial charge in [-0.25, -0.2) is 13.6 Å². The van der Waals surface area contributed by atoms with Crippen LogP contribution < -0.4 is 10.5 Å². The summed E-state index contributed by atoms with van der Waals surface area (Å²) < 4.78 is 22.9. The summed E-state index contributed by atoms with van der Waals surface area (Å²) in [5.41, 5.74) is 2.84. The molecule has 1 heterocycles. The summed E-state index contributed by atoms with van der Waals surface area (Å²) >= 11 is 0. The van der Waals surface area contributed by atoms with Crippen LogP contribution in [0.3, 0.4) is 0 Å². The van der Waals surface area contributed by atoms with Crippen LogP contribution in [0.5, 0.6) is 0 Å². The molecule has 0 aliphatic heterocycles. The van der Waals surface area contributed by atoms with Crippen molar-refractivity contribution in [1.29, 1.82) is 0 Å². The van der Waals surface area contributed by atoms with E-state index in [4.69, 9.17) is 5.14 Å². The Balaban J connectivity index is 1.63. The first-order chi connectivity index (χ1) is 12.3. The van der Waals surface area contributed by atoms with E-state index >= 15 is 0 Å². The van der Waals surface area contributed by atoms with Gasteiger partial charge in [0.25, 0.3) is 0 Å². The molecule has 0 saturated heterocycles. The first-order valence-electron chi connectivity index (χ1n) is 8.32. The van der Waals surface area contributed by atoms with Gasteiger partial charge in [0.15, 0.2) is 0 Å². The van der Waals surface area contributed by atoms with Crippen LogP contribution in [0.1, 0.15) is 30.5 Å². The Labute approximate surface area is 152 Å². The molecule has 1 amide bonds. The van der Waals surface area contributed by atoms with Crippen molar-refractivity contribution in [3.8, 4) is 0 Å². The number of H-pyrrole nitrogens is 1. The first kappa shape index (κ1) is 18.2. The van der Waals surface area contributed by atoms with Crippen molar-refractivity contribution in [2.24, 2.45) is 5.14 Å². The maximum Gasteiger partial charge on any atom is 0.238 e. The van der Waals surface area contributed by atoms with E-state index in [1.54, 1.807) is 12.1 Å². The third kappa shape index (κ3) is 4.12. The lowest BCUT2D eigenvalue weighted by atomic mass is 10.1. The highest BCUT2D eigenvalue weighted by atomic mass is 32.2. The molecule has 4 N–H and O–H groups in total. The molecule has 0 saturated carbocycles. The summed E-state index contributed by atoms with van der Waals surface area (Å²) in [6, 6.07) is 14.0. The molecule has 1 aromatic heterocycles. The molecule has 0 aliphatic carbocycles. The van der Waals surface area contributed by atoms with Crippen LogP contribution in [0.4, 0.5) is 0 Å². The van der Waals surface area contributed by atoms with E-state index in [9.17, 15) is 13.2 Å². The zero-order valence-corrected chi connectivity index (χ0v) is 15.2. The predicted octanol–water partition coefficient (Wildman–Crippen LogP) is 2.63. The SMILES string of the molecule is CC(NC(=O)CCc1c[nH]c2ccccc12)c1cccc(S(N)(=O)=O)c1. The zero-order valence-electron chi connectivity index (χ0n) is 14.4. The Hall–Kier alpha value is -2.64. The summed E-state index contributed by atoms with van der Waals surface area (Å²) in [6.07, 6.45) is 2.90. The van der Waals surface area contributed by atoms with E-state index in [1.165, 1.54) is 12.1 Å². The number of amides is 1. The van der Waals surface area contributed by atoms with E-state index in [-0.39, 0.29) is 16.8 Å². The summed E-state index contributed by atoms with van der Waals surface area (Å²) in [7, 11) is -3.76. The fraction of sp³-hybridized carbons (Fsp3) is 0.211. The van der Waals surface area contributed by atoms with Crippen LogP contribution in [0.2, 0.25) is 0 Å². The van der Waals surface area contributed by atoms with Crippen LogP contribution in [-0.2, 0) is 21.2 Å². The Morgan fingerprint density at radius 2 is 1.96 bits per heavy atom. The fourth-order valence-electron chi connectivity index (χ4n) is 2.94. The lowest BCUT2D eigenvalue weighted by molar-refractivity contribution is -0.121. The summed E-state index contributed by atoms with van der Waals surface area (Å²) in [6.45, 7) is 1.81. The second kappa shape index (κ2) is 7.31. The predicted molar refractivity (Wildman–Crippen MR) is 101 cm³/mol. The average Bonchev–Trinajstić information content (AvgIpc) is 3.02. The molecule has 3 aromatic rings. The van der Waals surface area contributed by atoms with E-state index in [0.29, 0.717) is 18.4 Å². The van der Waals surface area contributed by atoms with Gasteiger partial charge in [0, 0.05) is 23.5 Å². The number of aromatic amines is 1. The smallest absolute Gasteiger partial charge is 0.238 e. The first-order valence-corrected chi connectivity index (χ1v) is 9.86. The number of nitrogens with two attached hydrogens (primary N) is 1. The molecule has 1 atom stereocenters. The number of para-hydroxylation sites is 1. The lowest BCUT2D eigenvalue weighted by Crippen LogP contribution is -2.27. The van der Waals surface area contributed by atoms with Gasteiger partial charge in [-0.05, 0) is 42.7 Å². The largest absolute Gasteiger partial charge is 0.361 e. The van der Waals surface area contributed by atoms with Crippen LogP contribution in [0.15, 0.2) is 59.6 Å². The van der Waals surface area contributed by atoms with Crippen molar-refractivity contribution < 1.29 is 13.2 Å². The van der Waals surface area contributed by atoms with Gasteiger partial charge in [-0.15, -0.1) is 0 Å². The molecule has 1 unspecified atom stereocenters. The lowest BCUT2D eigenvalue weighted by Gasteiger charge is -2.15. The highest BCUT2D eigenvalue weighted by Gasteiger charge is 2.14. The Morgan fingerprint density at radius 3 is 2.73 bits per heavy atom. The second-order valence-corrected chi connectivity index (χ2v) is 7.83. The highest BCUT2D eigenvalue weighted by Crippen LogP contribution is 2.20. The van der Waals surface area contributed by atoms with Crippen molar-refractivity contribution >= 4 is 26.8 Å². The third-order valence-corrected chi connectivity index (χ3v) is 5.27. The quantitative estimate of drug-likeness (QED) is 0.620. The number of benzene rings is 2. The van der Waals surface area contributed by atoms with Crippen LogP contribution in [-0.4, -0.2) is 19.3 Å². The van der Waals surface area contributed by atoms with Crippen LogP contribution >= 0.6 is 0 Å². The van der Waals surface area contributed by atoms with E-state index in [0.717, 1.165) is 16.5 Å². The third-order valence-electron chi connectivity index (χ3n) is 4.36. The van der Waals surface area contributed by atoms with Gasteiger partial charge >= 0.3 is 0 Å². The summed E-state index contributed by atoms with van der Waals surface area (Å²) in [5, 5.41) is 9.18. The number of aromatic nitrogens is 1. The molecule has 3 rings (SSSR count). The maximum atomic E-state index is 12.3. The minimum absolute atomic E-state index is 0.0369. The number of aryl methyl sites for hydroxylation is 1. The normalized spacial score (nSPS) is 12.8. The Bertz CT molecular complexity index is 1040. The van der Waals surface area contributed by atoms with Crippen molar-refractivity contribution in [2.45, 2.75) is 30.7 Å². The van der Waals surface area contributed by atoms with E-state index in [2.05, 4.69) is 10.3 Å². The number of nitrogens with one attached hydrogen (secondary N) is 2. The summed E-state index contributed by atoms with van der Waals surface area (Å²) in [5.74, 6) is -0.0937. The molecule has 7 heteroatoms. The number of sulfonamides is 1. The average molecular weight is 371 g/mol. The van der Waals surface area contributed by atoms with Gasteiger partial charge in [0.1, 0.15) is 0 Å². The zero-order chi connectivity index (χ0) is 18.7. The number of primary sulfonamides is 1. The molecule has 26 heavy (non-hydrogen) atoms. The van der Waals surface area contributed by atoms with Crippen molar-refractivity contribution in [3.05, 3.63) is 65.9 Å². The number of fused-ring (bicyclic) bond motifs is 1. The minimum Gasteiger partial charge on any atom is -0.361 e. The van der Waals surface area contributed by atoms with Gasteiger partial charge < -0.3 is 10.3 Å². The number of hydrogen-bond acceptors (Lipinski definition) is 3. The second-order valence-electron chi connectivity index (χ2n) is 6.27. The monoisotopic (exact) mass is 371 g/mol. The van der Waals surface area contributed by atoms with Crippen molar-refractivity contribution in [1.82, 2.24) is 10.3 Å². The van der Waals surface area contributed by atoms with Gasteiger partial charge in [0.2, 0.25) is 15.9 Å². The molecular weight excluding hydrogens is 350 g/mol. The number of hydrogen-bond donors (Lipinski definition) is 3. The molecule has 6 nitrogen and oxygen atoms in total. The Kier molecular flexibility index (Phi) is 5.11. The van der Waals surface area contributed by atoms with Gasteiger partial charge in [-0.2, -0.15) is 0 Å².